The molecule has 0 atom stereocenters. The summed E-state index contributed by atoms with van der Waals surface area (Å²) in [5.74, 6) is 1.44. The second-order valence-corrected chi connectivity index (χ2v) is 3.91. The van der Waals surface area contributed by atoms with Crippen molar-refractivity contribution in [3.63, 3.8) is 0 Å². The number of nitrogens with zero attached hydrogens (tertiary/aromatic N) is 1. The van der Waals surface area contributed by atoms with E-state index in [-0.39, 0.29) is 0 Å². The highest BCUT2D eigenvalue weighted by Gasteiger charge is 1.99. The summed E-state index contributed by atoms with van der Waals surface area (Å²) in [6.07, 6.45) is 2.89. The molecule has 0 unspecified atom stereocenters. The summed E-state index contributed by atoms with van der Waals surface area (Å²) in [6.45, 7) is 4.32. The van der Waals surface area contributed by atoms with Gasteiger partial charge in [0.05, 0.1) is 5.52 Å². The van der Waals surface area contributed by atoms with Crippen LogP contribution in [-0.2, 0) is 6.42 Å². The summed E-state index contributed by atoms with van der Waals surface area (Å²) < 4.78 is 0. The molecule has 0 N–H and O–H groups in total. The van der Waals surface area contributed by atoms with Crippen LogP contribution in [0.3, 0.4) is 0 Å². The molecule has 0 fully saturated rings. The van der Waals surface area contributed by atoms with Gasteiger partial charge in [-0.1, -0.05) is 26.0 Å². The minimum Gasteiger partial charge on any atom is -0.256 e. The highest BCUT2D eigenvalue weighted by molar-refractivity contribution is 5.78. The van der Waals surface area contributed by atoms with Crippen molar-refractivity contribution >= 4 is 10.9 Å². The molecule has 1 heteroatoms. The molecule has 0 bridgehead atoms. The van der Waals surface area contributed by atoms with Gasteiger partial charge in [0.25, 0.3) is 0 Å². The molecule has 0 amide bonds. The summed E-state index contributed by atoms with van der Waals surface area (Å²) in [5.41, 5.74) is 2.44. The lowest BCUT2D eigenvalue weighted by Crippen LogP contribution is -1.91. The maximum absolute atomic E-state index is 4.29. The van der Waals surface area contributed by atoms with Gasteiger partial charge >= 0.3 is 0 Å². The third-order valence-corrected chi connectivity index (χ3v) is 2.23. The zero-order valence-electron chi connectivity index (χ0n) is 8.62. The Bertz CT molecular complexity index is 432. The van der Waals surface area contributed by atoms with E-state index in [9.17, 15) is 0 Å². The molecule has 1 radical (unpaired) electrons. The number of hydrogen-bond donors (Lipinski definition) is 0. The molecule has 1 nitrogen and oxygen atoms in total. The van der Waals surface area contributed by atoms with Crippen LogP contribution in [0, 0.1) is 5.92 Å². The van der Waals surface area contributed by atoms with Gasteiger partial charge < -0.3 is 0 Å². The predicted octanol–water partition coefficient (Wildman–Crippen LogP) is 3.39. The monoisotopic (exact) mass is 184 g/mol. The second kappa shape index (κ2) is 3.79. The van der Waals surface area contributed by atoms with Crippen LogP contribution in [0.5, 0.6) is 0 Å². The third-order valence-electron chi connectivity index (χ3n) is 2.23. The minimum atomic E-state index is 1.06. The first-order chi connectivity index (χ1) is 6.75. The van der Waals surface area contributed by atoms with Gasteiger partial charge in [0.1, 0.15) is 0 Å². The Morgan fingerprint density at radius 3 is 2.86 bits per heavy atom. The third kappa shape index (κ3) is 1.92. The molecular weight excluding hydrogens is 170 g/mol. The molecule has 0 spiro atoms. The molecule has 2 rings (SSSR count). The van der Waals surface area contributed by atoms with E-state index in [0.717, 1.165) is 11.9 Å². The molecule has 14 heavy (non-hydrogen) atoms. The summed E-state index contributed by atoms with van der Waals surface area (Å²) in [4.78, 5) is 4.29. The van der Waals surface area contributed by atoms with Crippen LogP contribution >= 0.6 is 0 Å². The quantitative estimate of drug-likeness (QED) is 0.697. The first-order valence-electron chi connectivity index (χ1n) is 4.88. The van der Waals surface area contributed by atoms with Crippen LogP contribution in [0.1, 0.15) is 19.4 Å². The van der Waals surface area contributed by atoms with Crippen LogP contribution in [0.25, 0.3) is 10.9 Å². The van der Waals surface area contributed by atoms with Crippen molar-refractivity contribution < 1.29 is 0 Å². The Hall–Kier alpha value is -1.37. The van der Waals surface area contributed by atoms with Gasteiger partial charge in [-0.25, -0.2) is 0 Å². The molecule has 71 valence electrons. The molecule has 0 aliphatic carbocycles. The highest BCUT2D eigenvalue weighted by Crippen LogP contribution is 2.16. The Morgan fingerprint density at radius 2 is 2.07 bits per heavy atom. The van der Waals surface area contributed by atoms with E-state index < -0.39 is 0 Å². The smallest absolute Gasteiger partial charge is 0.0702 e. The van der Waals surface area contributed by atoms with E-state index in [1.165, 1.54) is 16.9 Å². The summed E-state index contributed by atoms with van der Waals surface area (Å²) in [5, 5.41) is 1.23. The van der Waals surface area contributed by atoms with Crippen molar-refractivity contribution in [2.45, 2.75) is 20.3 Å². The van der Waals surface area contributed by atoms with Crippen LogP contribution in [0.2, 0.25) is 0 Å². The molecule has 0 aliphatic heterocycles. The fourth-order valence-electron chi connectivity index (χ4n) is 1.64. The molecule has 0 saturated heterocycles. The van der Waals surface area contributed by atoms with Gasteiger partial charge in [0.2, 0.25) is 0 Å². The first kappa shape index (κ1) is 9.20. The molecule has 2 aromatic rings. The highest BCUT2D eigenvalue weighted by atomic mass is 14.6. The number of aromatic nitrogens is 1. The lowest BCUT2D eigenvalue weighted by molar-refractivity contribution is 0.958. The largest absolute Gasteiger partial charge is 0.256 e. The van der Waals surface area contributed by atoms with Gasteiger partial charge in [-0.3, -0.25) is 4.98 Å². The normalized spacial score (nSPS) is 11.1. The average Bonchev–Trinajstić information content (AvgIpc) is 2.17. The fraction of sp³-hybridized carbons (Fsp3) is 0.231. The maximum atomic E-state index is 4.29. The molecule has 0 saturated carbocycles. The van der Waals surface area contributed by atoms with Gasteiger partial charge in [-0.15, -0.1) is 0 Å². The number of fused-ring (bicyclic) bond motifs is 1. The lowest BCUT2D eigenvalue weighted by Gasteiger charge is -2.05. The first-order valence-corrected chi connectivity index (χ1v) is 4.88. The van der Waals surface area contributed by atoms with Crippen molar-refractivity contribution in [3.8, 4) is 0 Å². The van der Waals surface area contributed by atoms with Gasteiger partial charge in [-0.05, 0) is 36.1 Å². The zero-order chi connectivity index (χ0) is 9.97. The predicted molar refractivity (Wildman–Crippen MR) is 60.0 cm³/mol. The number of pyridine rings is 1. The maximum Gasteiger partial charge on any atom is 0.0702 e. The zero-order valence-corrected chi connectivity index (χ0v) is 8.62. The van der Waals surface area contributed by atoms with Gasteiger partial charge in [0, 0.05) is 11.6 Å². The van der Waals surface area contributed by atoms with Crippen LogP contribution in [0.4, 0.5) is 0 Å². The number of hydrogen-bond acceptors (Lipinski definition) is 1. The lowest BCUT2D eigenvalue weighted by atomic mass is 10.0. The summed E-state index contributed by atoms with van der Waals surface area (Å²) >= 11 is 0. The van der Waals surface area contributed by atoms with Gasteiger partial charge in [0.15, 0.2) is 0 Å². The minimum absolute atomic E-state index is 1.06. The number of benzene rings is 1. The van der Waals surface area contributed by atoms with Crippen LogP contribution < -0.4 is 0 Å². The van der Waals surface area contributed by atoms with Crippen molar-refractivity contribution in [1.29, 1.82) is 0 Å². The second-order valence-electron chi connectivity index (χ2n) is 3.91. The molecule has 1 heterocycles. The van der Waals surface area contributed by atoms with Gasteiger partial charge in [-0.2, -0.15) is 0 Å². The van der Waals surface area contributed by atoms with E-state index in [1.807, 2.05) is 12.3 Å². The van der Waals surface area contributed by atoms with E-state index in [2.05, 4.69) is 43.1 Å². The fourth-order valence-corrected chi connectivity index (χ4v) is 1.64. The average molecular weight is 184 g/mol. The van der Waals surface area contributed by atoms with Crippen LogP contribution in [0.15, 0.2) is 36.5 Å². The van der Waals surface area contributed by atoms with Crippen LogP contribution in [-0.4, -0.2) is 4.98 Å². The van der Waals surface area contributed by atoms with E-state index in [4.69, 9.17) is 0 Å². The summed E-state index contributed by atoms with van der Waals surface area (Å²) in [6, 6.07) is 10.6. The molecular formula is C13H14N. The van der Waals surface area contributed by atoms with E-state index in [0.29, 0.717) is 0 Å². The Balaban J connectivity index is 2.41. The number of rotatable bonds is 2. The van der Waals surface area contributed by atoms with E-state index in [1.54, 1.807) is 0 Å². The SMILES string of the molecule is C[C](C)Cc1ccc2ncccc2c1. The molecule has 0 aliphatic rings. The van der Waals surface area contributed by atoms with E-state index >= 15 is 0 Å². The Morgan fingerprint density at radius 1 is 1.21 bits per heavy atom. The molecule has 1 aromatic carbocycles. The topological polar surface area (TPSA) is 12.9 Å². The summed E-state index contributed by atoms with van der Waals surface area (Å²) in [7, 11) is 0. The van der Waals surface area contributed by atoms with Crippen molar-refractivity contribution in [1.82, 2.24) is 4.98 Å². The Kier molecular flexibility index (Phi) is 2.49. The van der Waals surface area contributed by atoms with Crippen molar-refractivity contribution in [2.75, 3.05) is 0 Å². The van der Waals surface area contributed by atoms with Crippen molar-refractivity contribution in [3.05, 3.63) is 48.0 Å². The Labute approximate surface area is 84.8 Å². The van der Waals surface area contributed by atoms with Crippen molar-refractivity contribution in [2.24, 2.45) is 0 Å². The standard InChI is InChI=1S/C13H14N/c1-10(2)8-11-5-6-13-12(9-11)4-3-7-14-13/h3-7,9H,8H2,1-2H3. The molecule has 1 aromatic heterocycles.